The Bertz CT molecular complexity index is 541. The van der Waals surface area contributed by atoms with Crippen molar-refractivity contribution in [1.29, 1.82) is 0 Å². The molecular formula is C15H13FN. The highest BCUT2D eigenvalue weighted by Gasteiger charge is 2.39. The van der Waals surface area contributed by atoms with E-state index in [1.807, 2.05) is 24.3 Å². The fourth-order valence-corrected chi connectivity index (χ4v) is 2.04. The van der Waals surface area contributed by atoms with Crippen LogP contribution in [0, 0.1) is 11.9 Å². The number of hydrogen-bond donors (Lipinski definition) is 1. The van der Waals surface area contributed by atoms with Gasteiger partial charge in [-0.05, 0) is 42.2 Å². The smallest absolute Gasteiger partial charge is 0.131 e. The van der Waals surface area contributed by atoms with E-state index in [2.05, 4.69) is 6.07 Å². The number of hydrogen-bond acceptors (Lipinski definition) is 1. The molecule has 2 heteroatoms. The SMILES string of the molecule is NC1(c2ccc(-c3c[c]ccc3F)cc2)CC1. The Morgan fingerprint density at radius 3 is 2.41 bits per heavy atom. The summed E-state index contributed by atoms with van der Waals surface area (Å²) in [5, 5.41) is 0. The monoisotopic (exact) mass is 226 g/mol. The van der Waals surface area contributed by atoms with Gasteiger partial charge in [-0.15, -0.1) is 0 Å². The van der Waals surface area contributed by atoms with Gasteiger partial charge in [0.1, 0.15) is 5.82 Å². The van der Waals surface area contributed by atoms with Crippen LogP contribution in [0.1, 0.15) is 18.4 Å². The highest BCUT2D eigenvalue weighted by atomic mass is 19.1. The second-order valence-corrected chi connectivity index (χ2v) is 4.64. The van der Waals surface area contributed by atoms with Gasteiger partial charge in [-0.1, -0.05) is 30.3 Å². The zero-order chi connectivity index (χ0) is 11.9. The molecule has 1 saturated carbocycles. The molecule has 17 heavy (non-hydrogen) atoms. The van der Waals surface area contributed by atoms with Gasteiger partial charge in [0.25, 0.3) is 0 Å². The highest BCUT2D eigenvalue weighted by molar-refractivity contribution is 5.64. The van der Waals surface area contributed by atoms with E-state index in [4.69, 9.17) is 5.73 Å². The fraction of sp³-hybridized carbons (Fsp3) is 0.200. The lowest BCUT2D eigenvalue weighted by Gasteiger charge is -2.10. The molecule has 0 heterocycles. The number of benzene rings is 2. The molecule has 1 aliphatic carbocycles. The maximum atomic E-state index is 13.6. The van der Waals surface area contributed by atoms with Crippen molar-refractivity contribution in [3.63, 3.8) is 0 Å². The zero-order valence-corrected chi connectivity index (χ0v) is 9.41. The second-order valence-electron chi connectivity index (χ2n) is 4.64. The summed E-state index contributed by atoms with van der Waals surface area (Å²) in [6, 6.07) is 15.4. The van der Waals surface area contributed by atoms with E-state index in [9.17, 15) is 4.39 Å². The molecule has 1 radical (unpaired) electrons. The Morgan fingerprint density at radius 1 is 1.12 bits per heavy atom. The first-order valence-corrected chi connectivity index (χ1v) is 5.74. The third-order valence-electron chi connectivity index (χ3n) is 3.37. The summed E-state index contributed by atoms with van der Waals surface area (Å²) >= 11 is 0. The average Bonchev–Trinajstić information content (AvgIpc) is 3.10. The van der Waals surface area contributed by atoms with Crippen LogP contribution in [0.2, 0.25) is 0 Å². The number of rotatable bonds is 2. The molecular weight excluding hydrogens is 213 g/mol. The van der Waals surface area contributed by atoms with E-state index in [0.29, 0.717) is 5.56 Å². The van der Waals surface area contributed by atoms with Gasteiger partial charge in [-0.25, -0.2) is 4.39 Å². The van der Waals surface area contributed by atoms with Crippen molar-refractivity contribution in [3.05, 3.63) is 59.9 Å². The molecule has 0 bridgehead atoms. The van der Waals surface area contributed by atoms with Gasteiger partial charge in [0.05, 0.1) is 0 Å². The molecule has 3 rings (SSSR count). The normalized spacial score (nSPS) is 16.8. The van der Waals surface area contributed by atoms with Crippen LogP contribution in [-0.2, 0) is 5.54 Å². The predicted octanol–water partition coefficient (Wildman–Crippen LogP) is 3.24. The molecule has 0 saturated heterocycles. The number of halogens is 1. The minimum Gasteiger partial charge on any atom is -0.321 e. The van der Waals surface area contributed by atoms with E-state index >= 15 is 0 Å². The third-order valence-corrected chi connectivity index (χ3v) is 3.37. The Morgan fingerprint density at radius 2 is 1.82 bits per heavy atom. The van der Waals surface area contributed by atoms with Crippen LogP contribution in [0.5, 0.6) is 0 Å². The van der Waals surface area contributed by atoms with Gasteiger partial charge in [0.2, 0.25) is 0 Å². The van der Waals surface area contributed by atoms with Crippen molar-refractivity contribution in [1.82, 2.24) is 0 Å². The first kappa shape index (κ1) is 10.5. The molecule has 85 valence electrons. The van der Waals surface area contributed by atoms with E-state index in [0.717, 1.165) is 24.0 Å². The maximum absolute atomic E-state index is 13.6. The lowest BCUT2D eigenvalue weighted by molar-refractivity contribution is 0.631. The first-order chi connectivity index (χ1) is 8.19. The summed E-state index contributed by atoms with van der Waals surface area (Å²) in [6.45, 7) is 0. The Labute approximate surface area is 100 Å². The standard InChI is InChI=1S/C15H13FN/c16-14-4-2-1-3-13(14)11-5-7-12(8-6-11)15(17)9-10-15/h2-8H,9-10,17H2. The molecule has 1 aliphatic rings. The van der Waals surface area contributed by atoms with Crippen molar-refractivity contribution in [2.75, 3.05) is 0 Å². The topological polar surface area (TPSA) is 26.0 Å². The van der Waals surface area contributed by atoms with Crippen molar-refractivity contribution in [2.24, 2.45) is 5.73 Å². The van der Waals surface area contributed by atoms with Crippen LogP contribution >= 0.6 is 0 Å². The van der Waals surface area contributed by atoms with Gasteiger partial charge < -0.3 is 5.73 Å². The maximum Gasteiger partial charge on any atom is 0.131 e. The molecule has 0 amide bonds. The van der Waals surface area contributed by atoms with Gasteiger partial charge in [0.15, 0.2) is 0 Å². The summed E-state index contributed by atoms with van der Waals surface area (Å²) in [5.74, 6) is -0.217. The van der Waals surface area contributed by atoms with Crippen molar-refractivity contribution >= 4 is 0 Å². The van der Waals surface area contributed by atoms with Gasteiger partial charge in [-0.2, -0.15) is 0 Å². The van der Waals surface area contributed by atoms with E-state index < -0.39 is 0 Å². The zero-order valence-electron chi connectivity index (χ0n) is 9.41. The van der Waals surface area contributed by atoms with E-state index in [1.54, 1.807) is 12.1 Å². The Balaban J connectivity index is 1.98. The van der Waals surface area contributed by atoms with Crippen LogP contribution in [0.4, 0.5) is 4.39 Å². The second kappa shape index (κ2) is 3.67. The first-order valence-electron chi connectivity index (χ1n) is 5.74. The fourth-order valence-electron chi connectivity index (χ4n) is 2.04. The van der Waals surface area contributed by atoms with E-state index in [1.165, 1.54) is 6.07 Å². The van der Waals surface area contributed by atoms with Crippen molar-refractivity contribution < 1.29 is 4.39 Å². The summed E-state index contributed by atoms with van der Waals surface area (Å²) < 4.78 is 13.6. The average molecular weight is 226 g/mol. The lowest BCUT2D eigenvalue weighted by Crippen LogP contribution is -2.18. The minimum atomic E-state index is -0.217. The molecule has 0 unspecified atom stereocenters. The summed E-state index contributed by atoms with van der Waals surface area (Å²) in [5.41, 5.74) is 8.57. The lowest BCUT2D eigenvalue weighted by atomic mass is 10.00. The van der Waals surface area contributed by atoms with Gasteiger partial charge in [0, 0.05) is 11.1 Å². The molecule has 0 aromatic heterocycles. The summed E-state index contributed by atoms with van der Waals surface area (Å²) in [4.78, 5) is 0. The molecule has 2 aromatic carbocycles. The highest BCUT2D eigenvalue weighted by Crippen LogP contribution is 2.42. The summed E-state index contributed by atoms with van der Waals surface area (Å²) in [6.07, 6.45) is 2.08. The van der Waals surface area contributed by atoms with E-state index in [-0.39, 0.29) is 11.4 Å². The van der Waals surface area contributed by atoms with Crippen molar-refractivity contribution in [2.45, 2.75) is 18.4 Å². The third kappa shape index (κ3) is 1.85. The molecule has 1 fully saturated rings. The molecule has 1 nitrogen and oxygen atoms in total. The molecule has 0 atom stereocenters. The molecule has 2 N–H and O–H groups in total. The van der Waals surface area contributed by atoms with Crippen LogP contribution in [0.15, 0.2) is 42.5 Å². The largest absolute Gasteiger partial charge is 0.321 e. The minimum absolute atomic E-state index is 0.125. The van der Waals surface area contributed by atoms with Crippen LogP contribution in [-0.4, -0.2) is 0 Å². The Kier molecular flexibility index (Phi) is 2.26. The Hall–Kier alpha value is -1.67. The van der Waals surface area contributed by atoms with Gasteiger partial charge in [-0.3, -0.25) is 0 Å². The van der Waals surface area contributed by atoms with Crippen LogP contribution in [0.25, 0.3) is 11.1 Å². The number of nitrogens with two attached hydrogens (primary N) is 1. The summed E-state index contributed by atoms with van der Waals surface area (Å²) in [7, 11) is 0. The van der Waals surface area contributed by atoms with Gasteiger partial charge >= 0.3 is 0 Å². The van der Waals surface area contributed by atoms with Crippen molar-refractivity contribution in [3.8, 4) is 11.1 Å². The van der Waals surface area contributed by atoms with Crippen LogP contribution in [0.3, 0.4) is 0 Å². The molecule has 2 aromatic rings. The molecule has 0 spiro atoms. The quantitative estimate of drug-likeness (QED) is 0.835. The van der Waals surface area contributed by atoms with Crippen LogP contribution < -0.4 is 5.73 Å². The molecule has 0 aliphatic heterocycles. The predicted molar refractivity (Wildman–Crippen MR) is 65.8 cm³/mol.